The number of hydrogen-bond acceptors (Lipinski definition) is 2. The number of anilines is 1. The van der Waals surface area contributed by atoms with E-state index in [9.17, 15) is 0 Å². The van der Waals surface area contributed by atoms with Crippen LogP contribution in [0.15, 0.2) is 114 Å². The summed E-state index contributed by atoms with van der Waals surface area (Å²) in [5, 5.41) is 2.45. The molecule has 4 nitrogen and oxygen atoms in total. The summed E-state index contributed by atoms with van der Waals surface area (Å²) in [7, 11) is 4.20. The fourth-order valence-electron chi connectivity index (χ4n) is 4.44. The SMILES string of the molecule is CN1/C(=C/c2cc(-n3cc[n+](C)c3)[n+](-c3ccccc3)c3ccccc23)Sc2ccccc21. The lowest BCUT2D eigenvalue weighted by molar-refractivity contribution is -0.671. The van der Waals surface area contributed by atoms with E-state index in [4.69, 9.17) is 0 Å². The molecule has 1 aliphatic heterocycles. The van der Waals surface area contributed by atoms with Crippen LogP contribution in [-0.2, 0) is 7.05 Å². The van der Waals surface area contributed by atoms with Gasteiger partial charge in [-0.05, 0) is 42.0 Å². The van der Waals surface area contributed by atoms with E-state index in [1.54, 1.807) is 0 Å². The zero-order valence-corrected chi connectivity index (χ0v) is 19.4. The van der Waals surface area contributed by atoms with E-state index in [0.717, 1.165) is 11.5 Å². The van der Waals surface area contributed by atoms with Gasteiger partial charge >= 0.3 is 0 Å². The molecule has 160 valence electrons. The smallest absolute Gasteiger partial charge is 0.295 e. The van der Waals surface area contributed by atoms with Gasteiger partial charge in [-0.3, -0.25) is 0 Å². The molecule has 0 amide bonds. The Hall–Kier alpha value is -3.83. The Balaban J connectivity index is 1.62. The maximum absolute atomic E-state index is 2.33. The summed E-state index contributed by atoms with van der Waals surface area (Å²) in [6.45, 7) is 0. The van der Waals surface area contributed by atoms with Gasteiger partial charge in [0.05, 0.1) is 17.8 Å². The van der Waals surface area contributed by atoms with Crippen molar-refractivity contribution in [2.75, 3.05) is 11.9 Å². The van der Waals surface area contributed by atoms with Crippen LogP contribution in [0.4, 0.5) is 5.69 Å². The highest BCUT2D eigenvalue weighted by atomic mass is 32.2. The Morgan fingerprint density at radius 1 is 0.879 bits per heavy atom. The van der Waals surface area contributed by atoms with Crippen molar-refractivity contribution in [3.8, 4) is 11.5 Å². The molecular formula is C28H24N4S+2. The van der Waals surface area contributed by atoms with Crippen LogP contribution in [-0.4, -0.2) is 11.6 Å². The molecule has 0 N–H and O–H groups in total. The number of pyridine rings is 1. The zero-order chi connectivity index (χ0) is 22.4. The van der Waals surface area contributed by atoms with Crippen molar-refractivity contribution < 1.29 is 9.13 Å². The Kier molecular flexibility index (Phi) is 4.77. The number of nitrogens with zero attached hydrogens (tertiary/aromatic N) is 4. The first-order chi connectivity index (χ1) is 16.2. The van der Waals surface area contributed by atoms with E-state index >= 15 is 0 Å². The molecule has 0 spiro atoms. The molecule has 0 saturated heterocycles. The van der Waals surface area contributed by atoms with Crippen LogP contribution < -0.4 is 14.0 Å². The van der Waals surface area contributed by atoms with Gasteiger partial charge < -0.3 is 4.90 Å². The highest BCUT2D eigenvalue weighted by Crippen LogP contribution is 2.45. The lowest BCUT2D eigenvalue weighted by Crippen LogP contribution is -2.37. The topological polar surface area (TPSA) is 15.9 Å². The molecule has 0 saturated carbocycles. The molecule has 0 aliphatic carbocycles. The van der Waals surface area contributed by atoms with Crippen LogP contribution in [0, 0.1) is 0 Å². The number of rotatable bonds is 3. The monoisotopic (exact) mass is 448 g/mol. The van der Waals surface area contributed by atoms with Gasteiger partial charge in [-0.1, -0.05) is 60.3 Å². The van der Waals surface area contributed by atoms with Crippen molar-refractivity contribution in [3.05, 3.63) is 114 Å². The fourth-order valence-corrected chi connectivity index (χ4v) is 5.54. The van der Waals surface area contributed by atoms with E-state index in [-0.39, 0.29) is 0 Å². The first-order valence-corrected chi connectivity index (χ1v) is 11.8. The number of aryl methyl sites for hydroxylation is 1. The van der Waals surface area contributed by atoms with Gasteiger partial charge in [0.15, 0.2) is 0 Å². The number of benzene rings is 3. The van der Waals surface area contributed by atoms with Gasteiger partial charge in [-0.25, -0.2) is 4.57 Å². The molecule has 6 rings (SSSR count). The average molecular weight is 449 g/mol. The lowest BCUT2D eigenvalue weighted by atomic mass is 10.1. The van der Waals surface area contributed by atoms with Crippen molar-refractivity contribution in [2.45, 2.75) is 4.90 Å². The number of para-hydroxylation sites is 3. The predicted molar refractivity (Wildman–Crippen MR) is 135 cm³/mol. The van der Waals surface area contributed by atoms with E-state index in [1.807, 2.05) is 11.8 Å². The number of hydrogen-bond donors (Lipinski definition) is 0. The molecule has 0 radical (unpaired) electrons. The van der Waals surface area contributed by atoms with Crippen molar-refractivity contribution in [1.82, 2.24) is 4.57 Å². The maximum atomic E-state index is 2.33. The molecule has 2 aromatic heterocycles. The first kappa shape index (κ1) is 19.8. The van der Waals surface area contributed by atoms with Gasteiger partial charge in [0, 0.05) is 23.4 Å². The Morgan fingerprint density at radius 2 is 1.64 bits per heavy atom. The minimum atomic E-state index is 1.09. The van der Waals surface area contributed by atoms with Gasteiger partial charge in [-0.15, -0.1) is 0 Å². The minimum absolute atomic E-state index is 1.09. The van der Waals surface area contributed by atoms with Gasteiger partial charge in [0.2, 0.25) is 0 Å². The van der Waals surface area contributed by atoms with E-state index in [2.05, 4.69) is 142 Å². The average Bonchev–Trinajstić information content (AvgIpc) is 3.42. The zero-order valence-electron chi connectivity index (χ0n) is 18.6. The Labute approximate surface area is 197 Å². The normalized spacial score (nSPS) is 14.2. The molecule has 1 aliphatic rings. The van der Waals surface area contributed by atoms with Crippen molar-refractivity contribution >= 4 is 34.4 Å². The first-order valence-electron chi connectivity index (χ1n) is 11.0. The van der Waals surface area contributed by atoms with Crippen molar-refractivity contribution in [3.63, 3.8) is 0 Å². The fraction of sp³-hybridized carbons (Fsp3) is 0.0714. The van der Waals surface area contributed by atoms with Crippen LogP contribution in [0.25, 0.3) is 28.5 Å². The third kappa shape index (κ3) is 3.41. The number of imidazole rings is 1. The summed E-state index contributed by atoms with van der Waals surface area (Å²) in [5.74, 6) is 1.09. The van der Waals surface area contributed by atoms with Crippen LogP contribution in [0.1, 0.15) is 5.56 Å². The number of aromatic nitrogens is 3. The van der Waals surface area contributed by atoms with Crippen LogP contribution >= 0.6 is 11.8 Å². The van der Waals surface area contributed by atoms with Gasteiger partial charge in [0.1, 0.15) is 23.6 Å². The molecule has 3 heterocycles. The summed E-state index contributed by atoms with van der Waals surface area (Å²) < 4.78 is 6.58. The number of thioether (sulfide) groups is 1. The van der Waals surface area contributed by atoms with Gasteiger partial charge in [0.25, 0.3) is 12.1 Å². The van der Waals surface area contributed by atoms with Crippen LogP contribution in [0.2, 0.25) is 0 Å². The van der Waals surface area contributed by atoms with Gasteiger partial charge in [-0.2, -0.15) is 9.13 Å². The largest absolute Gasteiger partial charge is 0.338 e. The molecule has 5 heteroatoms. The van der Waals surface area contributed by atoms with Crippen LogP contribution in [0.3, 0.4) is 0 Å². The standard InChI is InChI=1S/C28H24N4S/c1-29-16-17-31(20-29)27-18-21(19-28-30(2)25-14-8-9-15-26(25)33-28)23-12-6-7-13-24(23)32(27)22-10-4-3-5-11-22/h3-20H,1-2H3/q+2. The van der Waals surface area contributed by atoms with E-state index < -0.39 is 0 Å². The molecule has 0 fully saturated rings. The lowest BCUT2D eigenvalue weighted by Gasteiger charge is -2.15. The highest BCUT2D eigenvalue weighted by molar-refractivity contribution is 8.03. The second-order valence-corrected chi connectivity index (χ2v) is 9.31. The summed E-state index contributed by atoms with van der Waals surface area (Å²) in [6.07, 6.45) is 8.59. The Morgan fingerprint density at radius 3 is 2.42 bits per heavy atom. The second-order valence-electron chi connectivity index (χ2n) is 8.24. The van der Waals surface area contributed by atoms with Crippen LogP contribution in [0.5, 0.6) is 0 Å². The molecule has 0 bridgehead atoms. The Bertz CT molecular complexity index is 1520. The van der Waals surface area contributed by atoms with Crippen molar-refractivity contribution in [1.29, 1.82) is 0 Å². The molecular weight excluding hydrogens is 424 g/mol. The minimum Gasteiger partial charge on any atom is -0.338 e. The summed E-state index contributed by atoms with van der Waals surface area (Å²) in [4.78, 5) is 3.58. The predicted octanol–water partition coefficient (Wildman–Crippen LogP) is 5.27. The molecule has 0 unspecified atom stereocenters. The van der Waals surface area contributed by atoms with E-state index in [0.29, 0.717) is 0 Å². The highest BCUT2D eigenvalue weighted by Gasteiger charge is 2.24. The molecule has 0 atom stereocenters. The van der Waals surface area contributed by atoms with E-state index in [1.165, 1.54) is 32.1 Å². The number of fused-ring (bicyclic) bond motifs is 2. The quantitative estimate of drug-likeness (QED) is 0.350. The molecule has 5 aromatic rings. The summed E-state index contributed by atoms with van der Waals surface area (Å²) in [5.41, 5.74) is 4.77. The second kappa shape index (κ2) is 7.94. The molecule has 33 heavy (non-hydrogen) atoms. The molecule has 3 aromatic carbocycles. The third-order valence-corrected chi connectivity index (χ3v) is 7.23. The maximum Gasteiger partial charge on any atom is 0.295 e. The summed E-state index contributed by atoms with van der Waals surface area (Å²) >= 11 is 1.82. The van der Waals surface area contributed by atoms with Crippen molar-refractivity contribution in [2.24, 2.45) is 7.05 Å². The third-order valence-electron chi connectivity index (χ3n) is 6.07. The summed E-state index contributed by atoms with van der Waals surface area (Å²) in [6, 6.07) is 30.1.